The van der Waals surface area contributed by atoms with Crippen molar-refractivity contribution in [1.82, 2.24) is 0 Å². The smallest absolute Gasteiger partial charge is 0.133 e. The first-order valence-electron chi connectivity index (χ1n) is 5.22. The molecular weight excluding hydrogens is 233 g/mol. The van der Waals surface area contributed by atoms with Gasteiger partial charge in [-0.15, -0.1) is 0 Å². The molecule has 1 N–H and O–H groups in total. The number of nitrogens with zero attached hydrogens (tertiary/aromatic N) is 1. The van der Waals surface area contributed by atoms with Crippen LogP contribution in [0.25, 0.3) is 11.1 Å². The van der Waals surface area contributed by atoms with Gasteiger partial charge in [-0.2, -0.15) is 5.26 Å². The van der Waals surface area contributed by atoms with Crippen LogP contribution in [0.2, 0.25) is 0 Å². The van der Waals surface area contributed by atoms with E-state index in [1.165, 1.54) is 37.4 Å². The summed E-state index contributed by atoms with van der Waals surface area (Å²) in [4.78, 5) is 0. The number of ether oxygens (including phenoxy) is 1. The minimum atomic E-state index is -0.417. The molecule has 0 radical (unpaired) electrons. The van der Waals surface area contributed by atoms with E-state index in [0.29, 0.717) is 16.9 Å². The summed E-state index contributed by atoms with van der Waals surface area (Å²) < 4.78 is 18.7. The van der Waals surface area contributed by atoms with Crippen molar-refractivity contribution in [3.63, 3.8) is 0 Å². The molecule has 0 aliphatic heterocycles. The third-order valence-corrected chi connectivity index (χ3v) is 2.60. The van der Waals surface area contributed by atoms with E-state index in [-0.39, 0.29) is 11.3 Å². The maximum atomic E-state index is 13.7. The Kier molecular flexibility index (Phi) is 3.16. The summed E-state index contributed by atoms with van der Waals surface area (Å²) in [6.45, 7) is 0. The molecule has 0 heterocycles. The normalized spacial score (nSPS) is 9.83. The van der Waals surface area contributed by atoms with Gasteiger partial charge in [0.25, 0.3) is 0 Å². The molecule has 2 aromatic carbocycles. The Bertz CT molecular complexity index is 632. The van der Waals surface area contributed by atoms with Crippen LogP contribution >= 0.6 is 0 Å². The van der Waals surface area contributed by atoms with Gasteiger partial charge in [-0.25, -0.2) is 4.39 Å². The lowest BCUT2D eigenvalue weighted by Gasteiger charge is -2.07. The molecule has 0 atom stereocenters. The number of methoxy groups -OCH3 is 1. The second-order valence-electron chi connectivity index (χ2n) is 3.69. The molecule has 0 aliphatic rings. The van der Waals surface area contributed by atoms with E-state index in [1.807, 2.05) is 6.07 Å². The van der Waals surface area contributed by atoms with Gasteiger partial charge in [0.2, 0.25) is 0 Å². The van der Waals surface area contributed by atoms with Crippen molar-refractivity contribution >= 4 is 0 Å². The number of phenolic OH excluding ortho intramolecular Hbond substituents is 1. The number of hydrogen-bond acceptors (Lipinski definition) is 3. The molecule has 2 rings (SSSR count). The molecule has 0 fully saturated rings. The zero-order chi connectivity index (χ0) is 13.1. The number of phenols is 1. The van der Waals surface area contributed by atoms with Crippen LogP contribution in [0.1, 0.15) is 5.56 Å². The van der Waals surface area contributed by atoms with Crippen LogP contribution in [-0.2, 0) is 0 Å². The van der Waals surface area contributed by atoms with E-state index in [4.69, 9.17) is 10.00 Å². The first-order chi connectivity index (χ1) is 8.65. The summed E-state index contributed by atoms with van der Waals surface area (Å²) in [6.07, 6.45) is 0. The van der Waals surface area contributed by atoms with Crippen molar-refractivity contribution in [1.29, 1.82) is 5.26 Å². The van der Waals surface area contributed by atoms with Crippen molar-refractivity contribution in [2.24, 2.45) is 0 Å². The zero-order valence-corrected chi connectivity index (χ0v) is 9.64. The van der Waals surface area contributed by atoms with E-state index in [1.54, 1.807) is 6.07 Å². The SMILES string of the molecule is COc1ccc(F)c(-c2ccc(C#N)c(O)c2)c1. The monoisotopic (exact) mass is 243 g/mol. The van der Waals surface area contributed by atoms with Gasteiger partial charge in [0.05, 0.1) is 12.7 Å². The molecule has 3 nitrogen and oxygen atoms in total. The Morgan fingerprint density at radius 1 is 1.22 bits per heavy atom. The minimum Gasteiger partial charge on any atom is -0.507 e. The molecule has 0 amide bonds. The van der Waals surface area contributed by atoms with Crippen LogP contribution in [0, 0.1) is 17.1 Å². The van der Waals surface area contributed by atoms with Gasteiger partial charge in [-0.1, -0.05) is 6.07 Å². The predicted molar refractivity (Wildman–Crippen MR) is 64.8 cm³/mol. The summed E-state index contributed by atoms with van der Waals surface area (Å²) in [5, 5.41) is 18.3. The molecule has 0 bridgehead atoms. The fourth-order valence-electron chi connectivity index (χ4n) is 1.65. The number of hydrogen-bond donors (Lipinski definition) is 1. The Labute approximate surface area is 104 Å². The molecule has 0 saturated carbocycles. The fraction of sp³-hybridized carbons (Fsp3) is 0.0714. The molecule has 4 heteroatoms. The Morgan fingerprint density at radius 3 is 2.61 bits per heavy atom. The van der Waals surface area contributed by atoms with E-state index in [0.717, 1.165) is 0 Å². The number of aromatic hydroxyl groups is 1. The topological polar surface area (TPSA) is 53.2 Å². The van der Waals surface area contributed by atoms with Crippen molar-refractivity contribution in [3.05, 3.63) is 47.8 Å². The van der Waals surface area contributed by atoms with Gasteiger partial charge in [0.1, 0.15) is 23.4 Å². The molecule has 0 aliphatic carbocycles. The van der Waals surface area contributed by atoms with E-state index < -0.39 is 5.82 Å². The van der Waals surface area contributed by atoms with Crippen molar-refractivity contribution < 1.29 is 14.2 Å². The Balaban J connectivity index is 2.55. The average Bonchev–Trinajstić information content (AvgIpc) is 2.39. The largest absolute Gasteiger partial charge is 0.507 e. The van der Waals surface area contributed by atoms with Crippen LogP contribution in [0.3, 0.4) is 0 Å². The molecule has 0 saturated heterocycles. The lowest BCUT2D eigenvalue weighted by Crippen LogP contribution is -1.89. The standard InChI is InChI=1S/C14H10FNO2/c1-18-11-4-5-13(15)12(7-11)9-2-3-10(8-16)14(17)6-9/h2-7,17H,1H3. The van der Waals surface area contributed by atoms with Crippen LogP contribution in [-0.4, -0.2) is 12.2 Å². The zero-order valence-electron chi connectivity index (χ0n) is 9.64. The highest BCUT2D eigenvalue weighted by Crippen LogP contribution is 2.30. The molecule has 2 aromatic rings. The van der Waals surface area contributed by atoms with Crippen LogP contribution < -0.4 is 4.74 Å². The van der Waals surface area contributed by atoms with Crippen LogP contribution in [0.5, 0.6) is 11.5 Å². The maximum absolute atomic E-state index is 13.7. The maximum Gasteiger partial charge on any atom is 0.133 e. The lowest BCUT2D eigenvalue weighted by atomic mass is 10.0. The quantitative estimate of drug-likeness (QED) is 0.881. The van der Waals surface area contributed by atoms with E-state index >= 15 is 0 Å². The summed E-state index contributed by atoms with van der Waals surface area (Å²) in [5.41, 5.74) is 0.957. The second-order valence-corrected chi connectivity index (χ2v) is 3.69. The van der Waals surface area contributed by atoms with Gasteiger partial charge in [-0.05, 0) is 35.9 Å². The predicted octanol–water partition coefficient (Wildman–Crippen LogP) is 3.08. The summed E-state index contributed by atoms with van der Waals surface area (Å²) in [6, 6.07) is 10.6. The van der Waals surface area contributed by atoms with E-state index in [2.05, 4.69) is 0 Å². The molecule has 0 spiro atoms. The number of benzene rings is 2. The van der Waals surface area contributed by atoms with Crippen molar-refractivity contribution in [3.8, 4) is 28.7 Å². The molecule has 90 valence electrons. The molecular formula is C14H10FNO2. The molecule has 18 heavy (non-hydrogen) atoms. The first kappa shape index (κ1) is 11.9. The van der Waals surface area contributed by atoms with Crippen molar-refractivity contribution in [2.75, 3.05) is 7.11 Å². The Morgan fingerprint density at radius 2 is 2.00 bits per heavy atom. The van der Waals surface area contributed by atoms with Gasteiger partial charge < -0.3 is 9.84 Å². The van der Waals surface area contributed by atoms with Gasteiger partial charge >= 0.3 is 0 Å². The average molecular weight is 243 g/mol. The highest BCUT2D eigenvalue weighted by atomic mass is 19.1. The van der Waals surface area contributed by atoms with E-state index in [9.17, 15) is 9.50 Å². The first-order valence-corrected chi connectivity index (χ1v) is 5.22. The molecule has 0 unspecified atom stereocenters. The number of nitriles is 1. The summed E-state index contributed by atoms with van der Waals surface area (Å²) in [7, 11) is 1.49. The lowest BCUT2D eigenvalue weighted by molar-refractivity contribution is 0.414. The van der Waals surface area contributed by atoms with Gasteiger partial charge in [-0.3, -0.25) is 0 Å². The Hall–Kier alpha value is -2.54. The van der Waals surface area contributed by atoms with Crippen LogP contribution in [0.4, 0.5) is 4.39 Å². The summed E-state index contributed by atoms with van der Waals surface area (Å²) >= 11 is 0. The fourth-order valence-corrected chi connectivity index (χ4v) is 1.65. The second kappa shape index (κ2) is 4.76. The summed E-state index contributed by atoms with van der Waals surface area (Å²) in [5.74, 6) is -0.0626. The minimum absolute atomic E-state index is 0.155. The van der Waals surface area contributed by atoms with Crippen molar-refractivity contribution in [2.45, 2.75) is 0 Å². The third-order valence-electron chi connectivity index (χ3n) is 2.60. The van der Waals surface area contributed by atoms with Crippen LogP contribution in [0.15, 0.2) is 36.4 Å². The highest BCUT2D eigenvalue weighted by Gasteiger charge is 2.09. The molecule has 0 aromatic heterocycles. The number of rotatable bonds is 2. The van der Waals surface area contributed by atoms with Gasteiger partial charge in [0.15, 0.2) is 0 Å². The van der Waals surface area contributed by atoms with Gasteiger partial charge in [0, 0.05) is 5.56 Å². The highest BCUT2D eigenvalue weighted by molar-refractivity contribution is 5.69. The third kappa shape index (κ3) is 2.11. The number of halogens is 1.